The second-order valence-electron chi connectivity index (χ2n) is 6.61. The van der Waals surface area contributed by atoms with E-state index >= 15 is 0 Å². The highest BCUT2D eigenvalue weighted by Crippen LogP contribution is 2.41. The smallest absolute Gasteiger partial charge is 0.214 e. The summed E-state index contributed by atoms with van der Waals surface area (Å²) in [5.74, 6) is 0. The van der Waals surface area contributed by atoms with Gasteiger partial charge in [0.25, 0.3) is 0 Å². The van der Waals surface area contributed by atoms with Crippen molar-refractivity contribution < 1.29 is 17.5 Å². The lowest BCUT2D eigenvalue weighted by atomic mass is 9.85. The van der Waals surface area contributed by atoms with Crippen molar-refractivity contribution in [3.05, 3.63) is 35.9 Å². The first-order valence-electron chi connectivity index (χ1n) is 7.33. The summed E-state index contributed by atoms with van der Waals surface area (Å²) in [4.78, 5) is -0.140. The molecule has 2 aromatic carbocycles. The minimum atomic E-state index is -4.49. The van der Waals surface area contributed by atoms with Crippen LogP contribution < -0.4 is 0 Å². The lowest BCUT2D eigenvalue weighted by Gasteiger charge is -2.17. The molecule has 0 aliphatic carbocycles. The Balaban J connectivity index is 2.48. The van der Waals surface area contributed by atoms with Gasteiger partial charge in [0, 0.05) is 16.9 Å². The quantitative estimate of drug-likeness (QED) is 0.631. The Hall–Kier alpha value is -1.72. The van der Waals surface area contributed by atoms with Crippen LogP contribution in [0.2, 0.25) is 0 Å². The van der Waals surface area contributed by atoms with Crippen LogP contribution in [0.3, 0.4) is 0 Å². The number of hydrogen-bond donors (Lipinski definition) is 0. The van der Waals surface area contributed by atoms with E-state index < -0.39 is 10.1 Å². The minimum absolute atomic E-state index is 0.0835. The Morgan fingerprint density at radius 1 is 1.14 bits per heavy atom. The molecule has 5 heteroatoms. The molecule has 0 saturated heterocycles. The van der Waals surface area contributed by atoms with Crippen molar-refractivity contribution in [2.24, 2.45) is 5.41 Å². The topological polar surface area (TPSA) is 60.2 Å². The molecule has 1 aliphatic rings. The summed E-state index contributed by atoms with van der Waals surface area (Å²) in [6, 6.07) is 8.72. The summed E-state index contributed by atoms with van der Waals surface area (Å²) in [6.45, 7) is 9.28. The van der Waals surface area contributed by atoms with E-state index in [1.165, 1.54) is 6.07 Å². The largest absolute Gasteiger partial charge is 0.744 e. The molecule has 1 aliphatic heterocycles. The third-order valence-electron chi connectivity index (χ3n) is 4.09. The Bertz CT molecular complexity index is 919. The minimum Gasteiger partial charge on any atom is -0.744 e. The first-order valence-corrected chi connectivity index (χ1v) is 8.74. The maximum Gasteiger partial charge on any atom is 0.214 e. The van der Waals surface area contributed by atoms with E-state index in [1.807, 2.05) is 12.1 Å². The monoisotopic (exact) mass is 317 g/mol. The SMILES string of the molecule is CC[N+]1=C(C(C)(C)C)c2cccc3c(S(=O)(=O)[O-])ccc1c23. The van der Waals surface area contributed by atoms with E-state index in [1.54, 1.807) is 12.1 Å². The van der Waals surface area contributed by atoms with Gasteiger partial charge in [0.1, 0.15) is 16.7 Å². The molecule has 0 amide bonds. The van der Waals surface area contributed by atoms with Gasteiger partial charge in [-0.25, -0.2) is 8.42 Å². The highest BCUT2D eigenvalue weighted by Gasteiger charge is 2.39. The third kappa shape index (κ3) is 2.08. The van der Waals surface area contributed by atoms with Crippen LogP contribution in [0.15, 0.2) is 35.2 Å². The predicted molar refractivity (Wildman–Crippen MR) is 85.9 cm³/mol. The summed E-state index contributed by atoms with van der Waals surface area (Å²) < 4.78 is 36.8. The predicted octanol–water partition coefficient (Wildman–Crippen LogP) is 3.26. The zero-order valence-electron chi connectivity index (χ0n) is 13.2. The Morgan fingerprint density at radius 2 is 1.82 bits per heavy atom. The summed E-state index contributed by atoms with van der Waals surface area (Å²) in [6.07, 6.45) is 0. The summed E-state index contributed by atoms with van der Waals surface area (Å²) >= 11 is 0. The van der Waals surface area contributed by atoms with E-state index in [0.717, 1.165) is 28.9 Å². The molecule has 0 radical (unpaired) electrons. The van der Waals surface area contributed by atoms with Gasteiger partial charge in [-0.3, -0.25) is 0 Å². The number of benzene rings is 2. The van der Waals surface area contributed by atoms with Gasteiger partial charge in [-0.1, -0.05) is 32.9 Å². The molecule has 0 bridgehead atoms. The zero-order valence-corrected chi connectivity index (χ0v) is 14.0. The van der Waals surface area contributed by atoms with E-state index in [9.17, 15) is 13.0 Å². The normalized spacial score (nSPS) is 15.0. The molecule has 0 fully saturated rings. The van der Waals surface area contributed by atoms with Gasteiger partial charge < -0.3 is 4.55 Å². The van der Waals surface area contributed by atoms with E-state index in [2.05, 4.69) is 32.3 Å². The van der Waals surface area contributed by atoms with Crippen molar-refractivity contribution in [3.63, 3.8) is 0 Å². The fourth-order valence-electron chi connectivity index (χ4n) is 3.40. The van der Waals surface area contributed by atoms with Crippen LogP contribution in [0.4, 0.5) is 5.69 Å². The first kappa shape index (κ1) is 15.2. The molecular weight excluding hydrogens is 298 g/mol. The van der Waals surface area contributed by atoms with Crippen molar-refractivity contribution >= 4 is 32.3 Å². The van der Waals surface area contributed by atoms with Crippen LogP contribution in [0, 0.1) is 5.41 Å². The Labute approximate surface area is 130 Å². The number of hydrogen-bond acceptors (Lipinski definition) is 3. The van der Waals surface area contributed by atoms with E-state index in [0.29, 0.717) is 5.39 Å². The maximum atomic E-state index is 11.5. The standard InChI is InChI=1S/C17H19NO3S/c1-5-18-13-9-10-14(22(19,20)21)11-7-6-8-12(15(11)13)16(18)17(2,3)4/h6-10H,5H2,1-4H3. The fraction of sp³-hybridized carbons (Fsp3) is 0.353. The van der Waals surface area contributed by atoms with Gasteiger partial charge in [-0.15, -0.1) is 0 Å². The van der Waals surface area contributed by atoms with Crippen molar-refractivity contribution in [3.8, 4) is 0 Å². The fourth-order valence-corrected chi connectivity index (χ4v) is 4.08. The van der Waals surface area contributed by atoms with Crippen LogP contribution in [0.1, 0.15) is 33.3 Å². The Morgan fingerprint density at radius 3 is 2.36 bits per heavy atom. The van der Waals surface area contributed by atoms with Crippen LogP contribution >= 0.6 is 0 Å². The van der Waals surface area contributed by atoms with Crippen LogP contribution in [-0.2, 0) is 10.1 Å². The number of nitrogens with zero attached hydrogens (tertiary/aromatic N) is 1. The lowest BCUT2D eigenvalue weighted by Crippen LogP contribution is -2.27. The molecule has 0 unspecified atom stereocenters. The molecule has 116 valence electrons. The van der Waals surface area contributed by atoms with Crippen molar-refractivity contribution in [2.75, 3.05) is 6.54 Å². The summed E-state index contributed by atoms with van der Waals surface area (Å²) in [5, 5.41) is 1.38. The van der Waals surface area contributed by atoms with Gasteiger partial charge in [0.2, 0.25) is 5.69 Å². The van der Waals surface area contributed by atoms with Gasteiger partial charge >= 0.3 is 0 Å². The second-order valence-corrected chi connectivity index (χ2v) is 7.96. The van der Waals surface area contributed by atoms with Gasteiger partial charge in [-0.05, 0) is 19.1 Å². The molecule has 22 heavy (non-hydrogen) atoms. The van der Waals surface area contributed by atoms with Crippen LogP contribution in [0.25, 0.3) is 10.8 Å². The highest BCUT2D eigenvalue weighted by molar-refractivity contribution is 7.86. The van der Waals surface area contributed by atoms with Crippen molar-refractivity contribution in [2.45, 2.75) is 32.6 Å². The van der Waals surface area contributed by atoms with Crippen LogP contribution in [0.5, 0.6) is 0 Å². The van der Waals surface area contributed by atoms with E-state index in [-0.39, 0.29) is 10.3 Å². The van der Waals surface area contributed by atoms with Crippen molar-refractivity contribution in [1.29, 1.82) is 0 Å². The molecule has 0 atom stereocenters. The first-order chi connectivity index (χ1) is 10.2. The van der Waals surface area contributed by atoms with Crippen LogP contribution in [-0.4, -0.2) is 29.8 Å². The Kier molecular flexibility index (Phi) is 3.20. The van der Waals surface area contributed by atoms with Gasteiger partial charge in [-0.2, -0.15) is 4.58 Å². The molecule has 4 nitrogen and oxygen atoms in total. The zero-order chi connectivity index (χ0) is 16.3. The van der Waals surface area contributed by atoms with Crippen molar-refractivity contribution in [1.82, 2.24) is 0 Å². The molecule has 0 spiro atoms. The lowest BCUT2D eigenvalue weighted by molar-refractivity contribution is -0.435. The molecular formula is C17H19NO3S. The molecule has 3 rings (SSSR count). The van der Waals surface area contributed by atoms with Gasteiger partial charge in [0.05, 0.1) is 15.8 Å². The average Bonchev–Trinajstić information content (AvgIpc) is 2.73. The third-order valence-corrected chi connectivity index (χ3v) is 4.99. The molecule has 0 N–H and O–H groups in total. The maximum absolute atomic E-state index is 11.5. The van der Waals surface area contributed by atoms with Gasteiger partial charge in [0.15, 0.2) is 5.71 Å². The highest BCUT2D eigenvalue weighted by atomic mass is 32.2. The summed E-state index contributed by atoms with van der Waals surface area (Å²) in [5.41, 5.74) is 3.08. The number of rotatable bonds is 2. The summed E-state index contributed by atoms with van der Waals surface area (Å²) in [7, 11) is -4.49. The molecule has 0 saturated carbocycles. The second kappa shape index (κ2) is 4.64. The molecule has 2 aromatic rings. The molecule has 1 heterocycles. The average molecular weight is 317 g/mol. The van der Waals surface area contributed by atoms with E-state index in [4.69, 9.17) is 0 Å². The molecule has 0 aromatic heterocycles.